The molecule has 3 heterocycles. The number of aromatic nitrogens is 3. The van der Waals surface area contributed by atoms with Gasteiger partial charge in [0, 0.05) is 38.7 Å². The monoisotopic (exact) mass is 343 g/mol. The Balaban J connectivity index is 1.88. The van der Waals surface area contributed by atoms with E-state index < -0.39 is 11.5 Å². The highest BCUT2D eigenvalue weighted by molar-refractivity contribution is 5.98. The highest BCUT2D eigenvalue weighted by Gasteiger charge is 2.44. The predicted octanol–water partition coefficient (Wildman–Crippen LogP) is 1.03. The summed E-state index contributed by atoms with van der Waals surface area (Å²) < 4.78 is 1.74. The van der Waals surface area contributed by atoms with E-state index in [1.807, 2.05) is 4.90 Å². The molecule has 3 rings (SSSR count). The molecule has 0 saturated carbocycles. The van der Waals surface area contributed by atoms with Gasteiger partial charge in [-0.25, -0.2) is 14.8 Å². The number of aliphatic carboxylic acids is 1. The molecule has 1 aliphatic heterocycles. The van der Waals surface area contributed by atoms with Crippen LogP contribution >= 0.6 is 0 Å². The maximum absolute atomic E-state index is 12.1. The molecular formula is C17H21N5O3. The summed E-state index contributed by atoms with van der Waals surface area (Å²) in [4.78, 5) is 34.6. The number of pyridine rings is 1. The fourth-order valence-corrected chi connectivity index (χ4v) is 3.44. The maximum atomic E-state index is 12.1. The van der Waals surface area contributed by atoms with E-state index in [-0.39, 0.29) is 5.91 Å². The van der Waals surface area contributed by atoms with Gasteiger partial charge >= 0.3 is 5.97 Å². The van der Waals surface area contributed by atoms with Gasteiger partial charge in [0.1, 0.15) is 17.2 Å². The van der Waals surface area contributed by atoms with Gasteiger partial charge in [0.2, 0.25) is 0 Å². The number of imidazole rings is 1. The van der Waals surface area contributed by atoms with Gasteiger partial charge in [-0.1, -0.05) is 0 Å². The summed E-state index contributed by atoms with van der Waals surface area (Å²) in [6.07, 6.45) is 5.79. The number of carboxylic acid groups (broad SMARTS) is 1. The van der Waals surface area contributed by atoms with Gasteiger partial charge in [-0.05, 0) is 31.9 Å². The Morgan fingerprint density at radius 2 is 1.96 bits per heavy atom. The van der Waals surface area contributed by atoms with Crippen LogP contribution in [-0.4, -0.2) is 51.7 Å². The lowest BCUT2D eigenvalue weighted by Crippen LogP contribution is -2.51. The first-order valence-corrected chi connectivity index (χ1v) is 8.15. The van der Waals surface area contributed by atoms with Crippen LogP contribution in [0.5, 0.6) is 0 Å². The summed E-state index contributed by atoms with van der Waals surface area (Å²) in [5.74, 6) is 0.201. The Kier molecular flexibility index (Phi) is 4.43. The zero-order valence-electron chi connectivity index (χ0n) is 14.3. The number of hydrogen-bond donors (Lipinski definition) is 2. The molecule has 0 spiro atoms. The van der Waals surface area contributed by atoms with E-state index in [2.05, 4.69) is 15.3 Å². The molecule has 132 valence electrons. The normalized spacial score (nSPS) is 16.5. The number of nitrogens with zero attached hydrogens (tertiary/aromatic N) is 4. The zero-order valence-corrected chi connectivity index (χ0v) is 14.3. The van der Waals surface area contributed by atoms with E-state index in [0.717, 1.165) is 0 Å². The van der Waals surface area contributed by atoms with Crippen molar-refractivity contribution in [2.45, 2.75) is 25.3 Å². The van der Waals surface area contributed by atoms with Gasteiger partial charge in [0.25, 0.3) is 5.91 Å². The SMILES string of the molecule is CNC(=O)c1cccnc1N1CCC(C(=O)O)(n2ccnc2C)CC1. The number of carbonyl (C=O) groups is 2. The van der Waals surface area contributed by atoms with Crippen molar-refractivity contribution in [3.05, 3.63) is 42.1 Å². The van der Waals surface area contributed by atoms with Gasteiger partial charge in [-0.2, -0.15) is 0 Å². The van der Waals surface area contributed by atoms with Crippen molar-refractivity contribution in [2.75, 3.05) is 25.0 Å². The summed E-state index contributed by atoms with van der Waals surface area (Å²) in [7, 11) is 1.58. The third-order valence-corrected chi connectivity index (χ3v) is 4.83. The fourth-order valence-electron chi connectivity index (χ4n) is 3.44. The van der Waals surface area contributed by atoms with Crippen molar-refractivity contribution < 1.29 is 14.7 Å². The number of aryl methyl sites for hydroxylation is 1. The lowest BCUT2D eigenvalue weighted by Gasteiger charge is -2.41. The van der Waals surface area contributed by atoms with Crippen LogP contribution < -0.4 is 10.2 Å². The van der Waals surface area contributed by atoms with E-state index in [1.165, 1.54) is 0 Å². The predicted molar refractivity (Wildman–Crippen MR) is 91.6 cm³/mol. The number of anilines is 1. The van der Waals surface area contributed by atoms with Crippen molar-refractivity contribution in [3.63, 3.8) is 0 Å². The zero-order chi connectivity index (χ0) is 18.0. The third kappa shape index (κ3) is 2.84. The topological polar surface area (TPSA) is 100 Å². The Labute approximate surface area is 145 Å². The van der Waals surface area contributed by atoms with Crippen LogP contribution in [0.1, 0.15) is 29.0 Å². The molecule has 1 saturated heterocycles. The first-order valence-electron chi connectivity index (χ1n) is 8.15. The van der Waals surface area contributed by atoms with Gasteiger partial charge in [0.15, 0.2) is 0 Å². The number of hydrogen-bond acceptors (Lipinski definition) is 5. The molecule has 0 bridgehead atoms. The van der Waals surface area contributed by atoms with Crippen molar-refractivity contribution in [2.24, 2.45) is 0 Å². The Morgan fingerprint density at radius 3 is 2.52 bits per heavy atom. The summed E-state index contributed by atoms with van der Waals surface area (Å²) in [6, 6.07) is 3.44. The summed E-state index contributed by atoms with van der Waals surface area (Å²) in [5, 5.41) is 12.5. The van der Waals surface area contributed by atoms with Crippen molar-refractivity contribution in [1.29, 1.82) is 0 Å². The number of carboxylic acids is 1. The minimum absolute atomic E-state index is 0.205. The largest absolute Gasteiger partial charge is 0.479 e. The van der Waals surface area contributed by atoms with Crippen LogP contribution in [0.4, 0.5) is 5.82 Å². The van der Waals surface area contributed by atoms with Crippen LogP contribution in [0.25, 0.3) is 0 Å². The molecule has 0 unspecified atom stereocenters. The highest BCUT2D eigenvalue weighted by atomic mass is 16.4. The minimum atomic E-state index is -1.01. The summed E-state index contributed by atoms with van der Waals surface area (Å²) >= 11 is 0. The maximum Gasteiger partial charge on any atom is 0.330 e. The van der Waals surface area contributed by atoms with Crippen LogP contribution in [0.3, 0.4) is 0 Å². The molecule has 2 N–H and O–H groups in total. The Hall–Kier alpha value is -2.90. The Bertz CT molecular complexity index is 793. The number of piperidine rings is 1. The molecule has 8 nitrogen and oxygen atoms in total. The minimum Gasteiger partial charge on any atom is -0.479 e. The molecule has 8 heteroatoms. The van der Waals surface area contributed by atoms with E-state index in [9.17, 15) is 14.7 Å². The van der Waals surface area contributed by atoms with Crippen LogP contribution in [0, 0.1) is 6.92 Å². The van der Waals surface area contributed by atoms with Gasteiger partial charge in [0.05, 0.1) is 5.56 Å². The Morgan fingerprint density at radius 1 is 1.24 bits per heavy atom. The average molecular weight is 343 g/mol. The third-order valence-electron chi connectivity index (χ3n) is 4.83. The fraction of sp³-hybridized carbons (Fsp3) is 0.412. The van der Waals surface area contributed by atoms with Gasteiger partial charge in [-0.3, -0.25) is 4.79 Å². The molecular weight excluding hydrogens is 322 g/mol. The van der Waals surface area contributed by atoms with Crippen LogP contribution in [0.15, 0.2) is 30.7 Å². The summed E-state index contributed by atoms with van der Waals surface area (Å²) in [6.45, 7) is 2.79. The van der Waals surface area contributed by atoms with Crippen molar-refractivity contribution in [1.82, 2.24) is 19.9 Å². The van der Waals surface area contributed by atoms with E-state index in [1.54, 1.807) is 49.3 Å². The number of carbonyl (C=O) groups excluding carboxylic acids is 1. The smallest absolute Gasteiger partial charge is 0.330 e. The quantitative estimate of drug-likeness (QED) is 0.860. The standard InChI is InChI=1S/C17H21N5O3/c1-12-19-8-11-22(12)17(16(24)25)5-9-21(10-6-17)14-13(15(23)18-2)4-3-7-20-14/h3-4,7-8,11H,5-6,9-10H2,1-2H3,(H,18,23)(H,24,25). The molecule has 0 atom stereocenters. The highest BCUT2D eigenvalue weighted by Crippen LogP contribution is 2.34. The first-order chi connectivity index (χ1) is 12.0. The molecule has 1 fully saturated rings. The van der Waals surface area contributed by atoms with Crippen molar-refractivity contribution in [3.8, 4) is 0 Å². The molecule has 0 radical (unpaired) electrons. The molecule has 25 heavy (non-hydrogen) atoms. The second-order valence-electron chi connectivity index (χ2n) is 6.12. The first kappa shape index (κ1) is 16.9. The number of nitrogens with one attached hydrogen (secondary N) is 1. The second kappa shape index (κ2) is 6.54. The molecule has 2 aromatic rings. The van der Waals surface area contributed by atoms with E-state index >= 15 is 0 Å². The molecule has 2 aromatic heterocycles. The molecule has 1 aliphatic rings. The lowest BCUT2D eigenvalue weighted by atomic mass is 9.86. The number of rotatable bonds is 4. The molecule has 0 aliphatic carbocycles. The van der Waals surface area contributed by atoms with Gasteiger partial charge in [-0.15, -0.1) is 0 Å². The van der Waals surface area contributed by atoms with E-state index in [0.29, 0.717) is 43.1 Å². The second-order valence-corrected chi connectivity index (χ2v) is 6.12. The molecule has 1 amide bonds. The van der Waals surface area contributed by atoms with E-state index in [4.69, 9.17) is 0 Å². The number of amides is 1. The molecule has 0 aromatic carbocycles. The van der Waals surface area contributed by atoms with Crippen molar-refractivity contribution >= 4 is 17.7 Å². The van der Waals surface area contributed by atoms with Crippen LogP contribution in [0.2, 0.25) is 0 Å². The average Bonchev–Trinajstić information content (AvgIpc) is 3.07. The summed E-state index contributed by atoms with van der Waals surface area (Å²) in [5.41, 5.74) is -0.523. The van der Waals surface area contributed by atoms with Crippen LogP contribution in [-0.2, 0) is 10.3 Å². The lowest BCUT2D eigenvalue weighted by molar-refractivity contribution is -0.149. The van der Waals surface area contributed by atoms with Gasteiger partial charge < -0.3 is 19.9 Å².